The molecule has 0 unspecified atom stereocenters. The van der Waals surface area contributed by atoms with Crippen LogP contribution in [0.2, 0.25) is 0 Å². The van der Waals surface area contributed by atoms with Gasteiger partial charge in [0.25, 0.3) is 0 Å². The Kier molecular flexibility index (Phi) is 8.40. The highest BCUT2D eigenvalue weighted by Crippen LogP contribution is 2.00. The van der Waals surface area contributed by atoms with Gasteiger partial charge in [-0.3, -0.25) is 9.59 Å². The number of carbonyl (C=O) groups excluding carboxylic acids is 2. The fourth-order valence-electron chi connectivity index (χ4n) is 1.49. The molecule has 0 aromatic rings. The van der Waals surface area contributed by atoms with E-state index >= 15 is 0 Å². The van der Waals surface area contributed by atoms with Gasteiger partial charge in [0.1, 0.15) is 0 Å². The summed E-state index contributed by atoms with van der Waals surface area (Å²) in [5.74, 6) is -0.181. The molecular formula is C12H24N2O3. The van der Waals surface area contributed by atoms with Crippen LogP contribution in [0.3, 0.4) is 0 Å². The Morgan fingerprint density at radius 2 is 1.76 bits per heavy atom. The normalized spacial score (nSPS) is 10.4. The number of hydrogen-bond donors (Lipinski definition) is 0. The summed E-state index contributed by atoms with van der Waals surface area (Å²) >= 11 is 0. The van der Waals surface area contributed by atoms with Gasteiger partial charge in [-0.05, 0) is 27.1 Å². The highest BCUT2D eigenvalue weighted by Gasteiger charge is 2.13. The largest absolute Gasteiger partial charge is 0.469 e. The molecule has 100 valence electrons. The third kappa shape index (κ3) is 7.74. The van der Waals surface area contributed by atoms with E-state index in [4.69, 9.17) is 0 Å². The van der Waals surface area contributed by atoms with Gasteiger partial charge < -0.3 is 14.5 Å². The topological polar surface area (TPSA) is 49.9 Å². The average molecular weight is 244 g/mol. The number of hydrogen-bond acceptors (Lipinski definition) is 4. The fraction of sp³-hybridized carbons (Fsp3) is 0.833. The zero-order valence-electron chi connectivity index (χ0n) is 11.4. The molecule has 0 aromatic heterocycles. The number of nitrogens with zero attached hydrogens (tertiary/aromatic N) is 2. The summed E-state index contributed by atoms with van der Waals surface area (Å²) in [5, 5.41) is 0. The number of rotatable bonds is 8. The minimum Gasteiger partial charge on any atom is -0.469 e. The SMILES string of the molecule is CCC(=O)N(CCCN(C)C)CCC(=O)OC. The Labute approximate surface area is 104 Å². The van der Waals surface area contributed by atoms with Crippen LogP contribution in [0.15, 0.2) is 0 Å². The summed E-state index contributed by atoms with van der Waals surface area (Å²) < 4.78 is 4.57. The first-order valence-electron chi connectivity index (χ1n) is 6.00. The molecule has 1 amide bonds. The quantitative estimate of drug-likeness (QED) is 0.591. The van der Waals surface area contributed by atoms with E-state index in [0.29, 0.717) is 19.5 Å². The standard InChI is InChI=1S/C12H24N2O3/c1-5-11(15)14(9-6-8-13(2)3)10-7-12(16)17-4/h5-10H2,1-4H3. The lowest BCUT2D eigenvalue weighted by atomic mass is 10.3. The van der Waals surface area contributed by atoms with Crippen molar-refractivity contribution in [2.75, 3.05) is 40.8 Å². The van der Waals surface area contributed by atoms with Crippen LogP contribution in [0, 0.1) is 0 Å². The van der Waals surface area contributed by atoms with Crippen LogP contribution in [-0.4, -0.2) is 62.5 Å². The summed E-state index contributed by atoms with van der Waals surface area (Å²) in [4.78, 5) is 26.5. The summed E-state index contributed by atoms with van der Waals surface area (Å²) in [5.41, 5.74) is 0. The Bertz CT molecular complexity index is 242. The van der Waals surface area contributed by atoms with Crippen molar-refractivity contribution in [3.63, 3.8) is 0 Å². The second-order valence-electron chi connectivity index (χ2n) is 4.22. The van der Waals surface area contributed by atoms with Gasteiger partial charge >= 0.3 is 5.97 Å². The second-order valence-corrected chi connectivity index (χ2v) is 4.22. The van der Waals surface area contributed by atoms with Crippen molar-refractivity contribution >= 4 is 11.9 Å². The van der Waals surface area contributed by atoms with Crippen molar-refractivity contribution in [3.8, 4) is 0 Å². The smallest absolute Gasteiger partial charge is 0.307 e. The van der Waals surface area contributed by atoms with Gasteiger partial charge in [-0.15, -0.1) is 0 Å². The van der Waals surface area contributed by atoms with Crippen molar-refractivity contribution in [1.29, 1.82) is 0 Å². The monoisotopic (exact) mass is 244 g/mol. The minimum absolute atomic E-state index is 0.0904. The summed E-state index contributed by atoms with van der Waals surface area (Å²) in [7, 11) is 5.36. The predicted molar refractivity (Wildman–Crippen MR) is 66.7 cm³/mol. The Morgan fingerprint density at radius 3 is 2.24 bits per heavy atom. The molecule has 0 N–H and O–H groups in total. The lowest BCUT2D eigenvalue weighted by Gasteiger charge is -2.22. The molecule has 0 fully saturated rings. The molecule has 5 nitrogen and oxygen atoms in total. The van der Waals surface area contributed by atoms with Crippen molar-refractivity contribution in [2.45, 2.75) is 26.2 Å². The van der Waals surface area contributed by atoms with Gasteiger partial charge in [0.05, 0.1) is 13.5 Å². The maximum absolute atomic E-state index is 11.6. The first-order valence-corrected chi connectivity index (χ1v) is 6.00. The highest BCUT2D eigenvalue weighted by molar-refractivity contribution is 5.76. The maximum Gasteiger partial charge on any atom is 0.307 e. The molecule has 0 aliphatic carbocycles. The summed E-state index contributed by atoms with van der Waals surface area (Å²) in [6.45, 7) is 3.92. The van der Waals surface area contributed by atoms with Gasteiger partial charge in [-0.25, -0.2) is 0 Å². The predicted octanol–water partition coefficient (Wildman–Crippen LogP) is 0.740. The van der Waals surface area contributed by atoms with Gasteiger partial charge in [0, 0.05) is 19.5 Å². The first-order chi connectivity index (χ1) is 8.01. The van der Waals surface area contributed by atoms with Crippen molar-refractivity contribution in [2.24, 2.45) is 0 Å². The molecule has 17 heavy (non-hydrogen) atoms. The molecule has 0 saturated heterocycles. The number of methoxy groups -OCH3 is 1. The summed E-state index contributed by atoms with van der Waals surface area (Å²) in [6.07, 6.45) is 1.66. The molecule has 0 bridgehead atoms. The Balaban J connectivity index is 4.05. The van der Waals surface area contributed by atoms with Gasteiger partial charge in [-0.1, -0.05) is 6.92 Å². The van der Waals surface area contributed by atoms with E-state index in [0.717, 1.165) is 13.0 Å². The third-order valence-corrected chi connectivity index (χ3v) is 2.50. The lowest BCUT2D eigenvalue weighted by Crippen LogP contribution is -2.34. The molecule has 0 heterocycles. The molecule has 0 aliphatic rings. The van der Waals surface area contributed by atoms with E-state index in [1.165, 1.54) is 7.11 Å². The molecule has 0 spiro atoms. The van der Waals surface area contributed by atoms with E-state index in [2.05, 4.69) is 9.64 Å². The maximum atomic E-state index is 11.6. The van der Waals surface area contributed by atoms with E-state index in [1.807, 2.05) is 21.0 Å². The van der Waals surface area contributed by atoms with Gasteiger partial charge in [-0.2, -0.15) is 0 Å². The van der Waals surface area contributed by atoms with Crippen LogP contribution in [0.4, 0.5) is 0 Å². The molecule has 0 aromatic carbocycles. The average Bonchev–Trinajstić information content (AvgIpc) is 2.31. The van der Waals surface area contributed by atoms with Crippen molar-refractivity contribution in [3.05, 3.63) is 0 Å². The van der Waals surface area contributed by atoms with Crippen LogP contribution < -0.4 is 0 Å². The van der Waals surface area contributed by atoms with E-state index in [9.17, 15) is 9.59 Å². The lowest BCUT2D eigenvalue weighted by molar-refractivity contribution is -0.141. The highest BCUT2D eigenvalue weighted by atomic mass is 16.5. The first kappa shape index (κ1) is 15.9. The van der Waals surface area contributed by atoms with E-state index in [-0.39, 0.29) is 18.3 Å². The molecule has 0 aliphatic heterocycles. The van der Waals surface area contributed by atoms with E-state index < -0.39 is 0 Å². The third-order valence-electron chi connectivity index (χ3n) is 2.50. The minimum atomic E-state index is -0.272. The van der Waals surface area contributed by atoms with Gasteiger partial charge in [0.15, 0.2) is 0 Å². The Morgan fingerprint density at radius 1 is 1.12 bits per heavy atom. The van der Waals surface area contributed by atoms with Crippen LogP contribution in [-0.2, 0) is 14.3 Å². The molecular weight excluding hydrogens is 220 g/mol. The molecule has 0 radical (unpaired) electrons. The van der Waals surface area contributed by atoms with Crippen LogP contribution in [0.5, 0.6) is 0 Å². The number of carbonyl (C=O) groups is 2. The van der Waals surface area contributed by atoms with Crippen LogP contribution in [0.1, 0.15) is 26.2 Å². The fourth-order valence-corrected chi connectivity index (χ4v) is 1.49. The van der Waals surface area contributed by atoms with Gasteiger partial charge in [0.2, 0.25) is 5.91 Å². The molecule has 0 saturated carbocycles. The molecule has 5 heteroatoms. The number of esters is 1. The van der Waals surface area contributed by atoms with Crippen LogP contribution in [0.25, 0.3) is 0 Å². The Hall–Kier alpha value is -1.10. The summed E-state index contributed by atoms with van der Waals surface area (Å²) in [6, 6.07) is 0. The number of amides is 1. The van der Waals surface area contributed by atoms with Crippen molar-refractivity contribution in [1.82, 2.24) is 9.80 Å². The molecule has 0 rings (SSSR count). The van der Waals surface area contributed by atoms with Crippen molar-refractivity contribution < 1.29 is 14.3 Å². The second kappa shape index (κ2) is 8.98. The number of ether oxygens (including phenoxy) is 1. The zero-order chi connectivity index (χ0) is 13.3. The van der Waals surface area contributed by atoms with Crippen LogP contribution >= 0.6 is 0 Å². The zero-order valence-corrected chi connectivity index (χ0v) is 11.4. The molecule has 0 atom stereocenters. The van der Waals surface area contributed by atoms with E-state index in [1.54, 1.807) is 4.90 Å².